The lowest BCUT2D eigenvalue weighted by Gasteiger charge is -2.31. The summed E-state index contributed by atoms with van der Waals surface area (Å²) in [5.41, 5.74) is 0. The zero-order chi connectivity index (χ0) is 23.3. The molecule has 0 aliphatic carbocycles. The first-order chi connectivity index (χ1) is 15.1. The third-order valence-corrected chi connectivity index (χ3v) is 5.12. The van der Waals surface area contributed by atoms with E-state index in [-0.39, 0.29) is 23.7 Å². The fourth-order valence-electron chi connectivity index (χ4n) is 3.62. The minimum atomic E-state index is -5.08. The van der Waals surface area contributed by atoms with Gasteiger partial charge in [-0.25, -0.2) is 19.2 Å². The van der Waals surface area contributed by atoms with E-state index in [2.05, 4.69) is 15.3 Å². The minimum absolute atomic E-state index is 0.0343. The van der Waals surface area contributed by atoms with Gasteiger partial charge in [-0.05, 0) is 18.1 Å². The van der Waals surface area contributed by atoms with Gasteiger partial charge in [0.1, 0.15) is 5.76 Å². The number of aromatic nitrogens is 2. The number of carboxylic acid groups (broad SMARTS) is 1. The molecule has 0 radical (unpaired) electrons. The monoisotopic (exact) mass is 460 g/mol. The Balaban J connectivity index is 0.000000360. The van der Waals surface area contributed by atoms with Crippen LogP contribution in [0.5, 0.6) is 0 Å². The van der Waals surface area contributed by atoms with Crippen LogP contribution in [0.25, 0.3) is 0 Å². The molecule has 174 valence electrons. The molecular weight excluding hydrogens is 440 g/mol. The number of furan rings is 1. The highest BCUT2D eigenvalue weighted by atomic mass is 19.4. The molecule has 0 aromatic carbocycles. The summed E-state index contributed by atoms with van der Waals surface area (Å²) >= 11 is 0. The molecule has 13 heteroatoms. The van der Waals surface area contributed by atoms with Crippen molar-refractivity contribution in [3.8, 4) is 0 Å². The first-order valence-corrected chi connectivity index (χ1v) is 9.55. The van der Waals surface area contributed by atoms with Crippen LogP contribution in [0.2, 0.25) is 0 Å². The van der Waals surface area contributed by atoms with E-state index < -0.39 is 18.0 Å². The number of aliphatic carboxylic acids is 1. The molecule has 2 aromatic rings. The second-order valence-electron chi connectivity index (χ2n) is 7.27. The number of carbonyl (C=O) groups is 2. The number of nitrogens with zero attached hydrogens (tertiary/aromatic N) is 3. The van der Waals surface area contributed by atoms with Crippen LogP contribution in [-0.4, -0.2) is 59.4 Å². The molecule has 2 N–H and O–H groups in total. The van der Waals surface area contributed by atoms with Crippen molar-refractivity contribution >= 4 is 17.8 Å². The lowest BCUT2D eigenvalue weighted by atomic mass is 9.82. The quantitative estimate of drug-likeness (QED) is 0.664. The van der Waals surface area contributed by atoms with Gasteiger partial charge in [0.15, 0.2) is 5.82 Å². The number of hydrogen-bond acceptors (Lipinski definition) is 7. The predicted octanol–water partition coefficient (Wildman–Crippen LogP) is 1.86. The van der Waals surface area contributed by atoms with E-state index in [0.29, 0.717) is 38.8 Å². The molecule has 2 aliphatic heterocycles. The van der Waals surface area contributed by atoms with Gasteiger partial charge in [-0.3, -0.25) is 4.79 Å². The van der Waals surface area contributed by atoms with Crippen molar-refractivity contribution in [1.29, 1.82) is 0 Å². The van der Waals surface area contributed by atoms with Crippen LogP contribution in [0, 0.1) is 23.6 Å². The number of ether oxygens (including phenoxy) is 1. The van der Waals surface area contributed by atoms with Gasteiger partial charge in [-0.1, -0.05) is 0 Å². The molecule has 2 aromatic heterocycles. The topological polar surface area (TPSA) is 118 Å². The van der Waals surface area contributed by atoms with E-state index in [1.165, 1.54) is 0 Å². The van der Waals surface area contributed by atoms with Gasteiger partial charge < -0.3 is 24.5 Å². The van der Waals surface area contributed by atoms with Crippen LogP contribution in [0.3, 0.4) is 0 Å². The highest BCUT2D eigenvalue weighted by Crippen LogP contribution is 2.35. The number of rotatable bonds is 4. The average Bonchev–Trinajstić information content (AvgIpc) is 3.41. The molecule has 2 saturated heterocycles. The standard InChI is InChI=1S/C17H19FN4O3.C2HF3O2/c18-12-4-20-17(21-5-12)22-7-11-9-24-10-15(14(11)8-22)16(23)19-6-13-2-1-3-25-13;3-2(4,5)1(6)7/h1-5,11,14-15H,6-10H2,(H,19,23);(H,6,7)/t11-,14-,15-;/m1./s1. The number of carboxylic acids is 1. The Morgan fingerprint density at radius 1 is 1.22 bits per heavy atom. The molecule has 0 unspecified atom stereocenters. The van der Waals surface area contributed by atoms with Crippen LogP contribution in [0.1, 0.15) is 5.76 Å². The number of carbonyl (C=O) groups excluding carboxylic acids is 1. The molecule has 0 spiro atoms. The van der Waals surface area contributed by atoms with Crippen molar-refractivity contribution in [2.45, 2.75) is 12.7 Å². The predicted molar refractivity (Wildman–Crippen MR) is 99.7 cm³/mol. The van der Waals surface area contributed by atoms with Gasteiger partial charge in [-0.15, -0.1) is 0 Å². The van der Waals surface area contributed by atoms with Crippen LogP contribution >= 0.6 is 0 Å². The van der Waals surface area contributed by atoms with Crippen LogP contribution in [0.15, 0.2) is 35.2 Å². The number of nitrogens with one attached hydrogen (secondary N) is 1. The van der Waals surface area contributed by atoms with Crippen molar-refractivity contribution in [2.24, 2.45) is 17.8 Å². The summed E-state index contributed by atoms with van der Waals surface area (Å²) in [4.78, 5) is 31.6. The minimum Gasteiger partial charge on any atom is -0.475 e. The average molecular weight is 460 g/mol. The Kier molecular flexibility index (Phi) is 7.28. The Morgan fingerprint density at radius 3 is 2.50 bits per heavy atom. The fraction of sp³-hybridized carbons (Fsp3) is 0.474. The number of anilines is 1. The number of amides is 1. The normalized spacial score (nSPS) is 22.5. The van der Waals surface area contributed by atoms with Gasteiger partial charge >= 0.3 is 12.1 Å². The zero-order valence-corrected chi connectivity index (χ0v) is 16.6. The van der Waals surface area contributed by atoms with E-state index in [9.17, 15) is 22.4 Å². The van der Waals surface area contributed by atoms with Crippen molar-refractivity contribution in [3.63, 3.8) is 0 Å². The van der Waals surface area contributed by atoms with Crippen molar-refractivity contribution in [2.75, 3.05) is 31.2 Å². The number of halogens is 4. The second-order valence-corrected chi connectivity index (χ2v) is 7.27. The first-order valence-electron chi connectivity index (χ1n) is 9.55. The first kappa shape index (κ1) is 23.4. The van der Waals surface area contributed by atoms with E-state index in [4.69, 9.17) is 19.1 Å². The molecule has 0 bridgehead atoms. The maximum atomic E-state index is 13.0. The lowest BCUT2D eigenvalue weighted by Crippen LogP contribution is -2.44. The van der Waals surface area contributed by atoms with Crippen LogP contribution in [0.4, 0.5) is 23.5 Å². The number of fused-ring (bicyclic) bond motifs is 1. The Morgan fingerprint density at radius 2 is 1.91 bits per heavy atom. The molecule has 4 rings (SSSR count). The summed E-state index contributed by atoms with van der Waals surface area (Å²) in [6.45, 7) is 2.76. The molecule has 2 fully saturated rings. The Labute approximate surface area is 179 Å². The van der Waals surface area contributed by atoms with Crippen molar-refractivity contribution < 1.29 is 41.4 Å². The van der Waals surface area contributed by atoms with Crippen molar-refractivity contribution in [1.82, 2.24) is 15.3 Å². The van der Waals surface area contributed by atoms with Gasteiger partial charge in [0.2, 0.25) is 11.9 Å². The summed E-state index contributed by atoms with van der Waals surface area (Å²) in [7, 11) is 0. The molecule has 9 nitrogen and oxygen atoms in total. The second kappa shape index (κ2) is 9.94. The SMILES string of the molecule is O=C(NCc1ccco1)[C@@H]1COC[C@H]2CN(c3ncc(F)cn3)C[C@H]21.O=C(O)C(F)(F)F. The zero-order valence-electron chi connectivity index (χ0n) is 16.6. The van der Waals surface area contributed by atoms with Gasteiger partial charge in [0, 0.05) is 19.0 Å². The largest absolute Gasteiger partial charge is 0.490 e. The van der Waals surface area contributed by atoms with Gasteiger partial charge in [0.05, 0.1) is 44.3 Å². The molecule has 3 atom stereocenters. The summed E-state index contributed by atoms with van der Waals surface area (Å²) in [6.07, 6.45) is -1.18. The Hall–Kier alpha value is -3.22. The van der Waals surface area contributed by atoms with Gasteiger partial charge in [0.25, 0.3) is 0 Å². The summed E-state index contributed by atoms with van der Waals surface area (Å²) < 4.78 is 55.6. The maximum Gasteiger partial charge on any atom is 0.490 e. The van der Waals surface area contributed by atoms with E-state index in [1.807, 2.05) is 11.0 Å². The van der Waals surface area contributed by atoms with Crippen molar-refractivity contribution in [3.05, 3.63) is 42.4 Å². The fourth-order valence-corrected chi connectivity index (χ4v) is 3.62. The summed E-state index contributed by atoms with van der Waals surface area (Å²) in [5, 5.41) is 10.0. The maximum absolute atomic E-state index is 13.0. The van der Waals surface area contributed by atoms with Gasteiger partial charge in [-0.2, -0.15) is 13.2 Å². The van der Waals surface area contributed by atoms with Crippen LogP contribution < -0.4 is 10.2 Å². The number of hydrogen-bond donors (Lipinski definition) is 2. The van der Waals surface area contributed by atoms with E-state index in [1.54, 1.807) is 12.3 Å². The Bertz CT molecular complexity index is 907. The molecule has 4 heterocycles. The third-order valence-electron chi connectivity index (χ3n) is 5.12. The highest BCUT2D eigenvalue weighted by Gasteiger charge is 2.44. The smallest absolute Gasteiger partial charge is 0.475 e. The molecular formula is C19H20F4N4O5. The van der Waals surface area contributed by atoms with E-state index >= 15 is 0 Å². The molecule has 2 aliphatic rings. The lowest BCUT2D eigenvalue weighted by molar-refractivity contribution is -0.192. The van der Waals surface area contributed by atoms with E-state index in [0.717, 1.165) is 18.2 Å². The molecule has 32 heavy (non-hydrogen) atoms. The molecule has 1 amide bonds. The third kappa shape index (κ3) is 5.93. The number of alkyl halides is 3. The summed E-state index contributed by atoms with van der Waals surface area (Å²) in [5.74, 6) is -1.86. The summed E-state index contributed by atoms with van der Waals surface area (Å²) in [6, 6.07) is 3.61. The highest BCUT2D eigenvalue weighted by molar-refractivity contribution is 5.79. The molecule has 0 saturated carbocycles. The van der Waals surface area contributed by atoms with Crippen LogP contribution in [-0.2, 0) is 20.9 Å².